The monoisotopic (exact) mass is 320 g/mol. The van der Waals surface area contributed by atoms with E-state index in [1.807, 2.05) is 6.92 Å². The van der Waals surface area contributed by atoms with Gasteiger partial charge in [-0.1, -0.05) is 12.1 Å². The number of nitrogens with one attached hydrogen (secondary N) is 1. The Morgan fingerprint density at radius 2 is 2.09 bits per heavy atom. The molecule has 1 aromatic rings. The number of rotatable bonds is 7. The second kappa shape index (κ2) is 7.43. The van der Waals surface area contributed by atoms with E-state index in [-0.39, 0.29) is 11.9 Å². The molecule has 1 aromatic heterocycles. The van der Waals surface area contributed by atoms with Crippen molar-refractivity contribution in [3.63, 3.8) is 0 Å². The van der Waals surface area contributed by atoms with Gasteiger partial charge in [0.2, 0.25) is 11.8 Å². The highest BCUT2D eigenvalue weighted by atomic mass is 16.5. The first-order valence-corrected chi connectivity index (χ1v) is 9.01. The predicted octanol–water partition coefficient (Wildman–Crippen LogP) is 2.64. The molecular formula is C17H28N4O2. The summed E-state index contributed by atoms with van der Waals surface area (Å²) >= 11 is 0. The highest BCUT2D eigenvalue weighted by molar-refractivity contribution is 5.76. The minimum absolute atomic E-state index is 0.0950. The summed E-state index contributed by atoms with van der Waals surface area (Å²) in [4.78, 5) is 19.1. The van der Waals surface area contributed by atoms with Gasteiger partial charge in [0, 0.05) is 12.3 Å². The van der Waals surface area contributed by atoms with Gasteiger partial charge in [0.05, 0.1) is 0 Å². The van der Waals surface area contributed by atoms with Crippen LogP contribution >= 0.6 is 0 Å². The van der Waals surface area contributed by atoms with E-state index >= 15 is 0 Å². The highest BCUT2D eigenvalue weighted by Gasteiger charge is 2.30. The predicted molar refractivity (Wildman–Crippen MR) is 86.9 cm³/mol. The molecule has 2 heterocycles. The molecule has 1 amide bonds. The quantitative estimate of drug-likeness (QED) is 0.836. The van der Waals surface area contributed by atoms with Gasteiger partial charge in [-0.05, 0) is 64.6 Å². The Kier molecular flexibility index (Phi) is 5.30. The lowest BCUT2D eigenvalue weighted by molar-refractivity contribution is -0.123. The van der Waals surface area contributed by atoms with Crippen LogP contribution in [0, 0.1) is 5.92 Å². The van der Waals surface area contributed by atoms with E-state index in [9.17, 15) is 4.79 Å². The van der Waals surface area contributed by atoms with E-state index < -0.39 is 0 Å². The normalized spacial score (nSPS) is 21.3. The largest absolute Gasteiger partial charge is 0.345 e. The lowest BCUT2D eigenvalue weighted by Gasteiger charge is -2.31. The van der Waals surface area contributed by atoms with E-state index in [1.54, 1.807) is 0 Å². The molecule has 2 aliphatic rings. The number of carbonyl (C=O) groups excluding carboxylic acids is 1. The molecule has 0 spiro atoms. The number of amides is 1. The number of carbonyl (C=O) groups is 1. The van der Waals surface area contributed by atoms with Gasteiger partial charge >= 0.3 is 0 Å². The van der Waals surface area contributed by atoms with Gasteiger partial charge in [0.25, 0.3) is 0 Å². The maximum atomic E-state index is 12.2. The van der Waals surface area contributed by atoms with Gasteiger partial charge < -0.3 is 14.7 Å². The molecule has 6 heteroatoms. The number of hydrogen-bond acceptors (Lipinski definition) is 5. The van der Waals surface area contributed by atoms with Gasteiger partial charge in [-0.2, -0.15) is 4.98 Å². The minimum Gasteiger partial charge on any atom is -0.345 e. The van der Waals surface area contributed by atoms with Crippen LogP contribution in [-0.2, 0) is 4.79 Å². The summed E-state index contributed by atoms with van der Waals surface area (Å²) in [5.74, 6) is 2.39. The maximum Gasteiger partial charge on any atom is 0.248 e. The van der Waals surface area contributed by atoms with Gasteiger partial charge in [-0.15, -0.1) is 0 Å². The number of piperidine rings is 1. The van der Waals surface area contributed by atoms with Crippen molar-refractivity contribution in [1.82, 2.24) is 20.4 Å². The SMILES string of the molecule is CCCN1CCC(CC(=O)N[C@H](C)c2nc(C3CC3)no2)CC1. The third-order valence-electron chi connectivity index (χ3n) is 4.87. The van der Waals surface area contributed by atoms with Gasteiger partial charge in [-0.25, -0.2) is 0 Å². The summed E-state index contributed by atoms with van der Waals surface area (Å²) in [7, 11) is 0. The first kappa shape index (κ1) is 16.4. The number of likely N-dealkylation sites (tertiary alicyclic amines) is 1. The second-order valence-electron chi connectivity index (χ2n) is 7.04. The fourth-order valence-electron chi connectivity index (χ4n) is 3.29. The first-order valence-electron chi connectivity index (χ1n) is 9.01. The van der Waals surface area contributed by atoms with Crippen LogP contribution in [0.25, 0.3) is 0 Å². The number of hydrogen-bond donors (Lipinski definition) is 1. The molecule has 2 fully saturated rings. The van der Waals surface area contributed by atoms with Crippen LogP contribution in [0.15, 0.2) is 4.52 Å². The van der Waals surface area contributed by atoms with Crippen molar-refractivity contribution in [1.29, 1.82) is 0 Å². The Morgan fingerprint density at radius 1 is 1.35 bits per heavy atom. The molecule has 0 radical (unpaired) electrons. The minimum atomic E-state index is -0.206. The van der Waals surface area contributed by atoms with Gasteiger partial charge in [0.1, 0.15) is 6.04 Å². The average molecular weight is 320 g/mol. The molecule has 3 rings (SSSR count). The lowest BCUT2D eigenvalue weighted by Crippen LogP contribution is -2.36. The molecular weight excluding hydrogens is 292 g/mol. The van der Waals surface area contributed by atoms with Gasteiger partial charge in [-0.3, -0.25) is 4.79 Å². The summed E-state index contributed by atoms with van der Waals surface area (Å²) < 4.78 is 5.28. The van der Waals surface area contributed by atoms with Crippen molar-refractivity contribution in [2.75, 3.05) is 19.6 Å². The molecule has 0 unspecified atom stereocenters. The molecule has 1 saturated carbocycles. The van der Waals surface area contributed by atoms with E-state index in [0.717, 1.165) is 44.6 Å². The van der Waals surface area contributed by atoms with E-state index in [1.165, 1.54) is 13.0 Å². The zero-order valence-electron chi connectivity index (χ0n) is 14.3. The van der Waals surface area contributed by atoms with Crippen molar-refractivity contribution in [3.8, 4) is 0 Å². The van der Waals surface area contributed by atoms with Crippen LogP contribution < -0.4 is 5.32 Å². The first-order chi connectivity index (χ1) is 11.2. The zero-order chi connectivity index (χ0) is 16.2. The van der Waals surface area contributed by atoms with Crippen molar-refractivity contribution >= 4 is 5.91 Å². The molecule has 1 saturated heterocycles. The maximum absolute atomic E-state index is 12.2. The Morgan fingerprint density at radius 3 is 2.74 bits per heavy atom. The summed E-state index contributed by atoms with van der Waals surface area (Å²) in [6.07, 6.45) is 6.35. The fourth-order valence-corrected chi connectivity index (χ4v) is 3.29. The zero-order valence-corrected chi connectivity index (χ0v) is 14.3. The molecule has 0 aromatic carbocycles. The van der Waals surface area contributed by atoms with Crippen molar-refractivity contribution in [2.45, 2.75) is 64.3 Å². The topological polar surface area (TPSA) is 71.3 Å². The molecule has 6 nitrogen and oxygen atoms in total. The molecule has 1 aliphatic carbocycles. The van der Waals surface area contributed by atoms with Gasteiger partial charge in [0.15, 0.2) is 5.82 Å². The molecule has 23 heavy (non-hydrogen) atoms. The van der Waals surface area contributed by atoms with Crippen LogP contribution in [0.5, 0.6) is 0 Å². The summed E-state index contributed by atoms with van der Waals surface area (Å²) in [6.45, 7) is 7.54. The fraction of sp³-hybridized carbons (Fsp3) is 0.824. The number of nitrogens with zero attached hydrogens (tertiary/aromatic N) is 3. The van der Waals surface area contributed by atoms with Crippen molar-refractivity contribution in [3.05, 3.63) is 11.7 Å². The smallest absolute Gasteiger partial charge is 0.248 e. The van der Waals surface area contributed by atoms with Crippen LogP contribution in [0.1, 0.15) is 76.0 Å². The van der Waals surface area contributed by atoms with Crippen LogP contribution in [0.2, 0.25) is 0 Å². The Bertz CT molecular complexity index is 518. The Labute approximate surface area is 138 Å². The third kappa shape index (κ3) is 4.53. The van der Waals surface area contributed by atoms with E-state index in [0.29, 0.717) is 24.1 Å². The average Bonchev–Trinajstić information content (AvgIpc) is 3.26. The second-order valence-corrected chi connectivity index (χ2v) is 7.04. The third-order valence-corrected chi connectivity index (χ3v) is 4.87. The van der Waals surface area contributed by atoms with E-state index in [4.69, 9.17) is 4.52 Å². The van der Waals surface area contributed by atoms with Crippen LogP contribution in [0.3, 0.4) is 0 Å². The molecule has 1 aliphatic heterocycles. The molecule has 128 valence electrons. The summed E-state index contributed by atoms with van der Waals surface area (Å²) in [6, 6.07) is -0.206. The van der Waals surface area contributed by atoms with Crippen LogP contribution in [-0.4, -0.2) is 40.6 Å². The van der Waals surface area contributed by atoms with E-state index in [2.05, 4.69) is 27.3 Å². The standard InChI is InChI=1S/C17H28N4O2/c1-3-8-21-9-6-13(7-10-21)11-15(22)18-12(2)17-19-16(20-23-17)14-4-5-14/h12-14H,3-11H2,1-2H3,(H,18,22)/t12-/m1/s1. The molecule has 1 atom stereocenters. The Hall–Kier alpha value is -1.43. The Balaban J connectivity index is 1.41. The highest BCUT2D eigenvalue weighted by Crippen LogP contribution is 2.38. The number of aromatic nitrogens is 2. The lowest BCUT2D eigenvalue weighted by atomic mass is 9.93. The molecule has 1 N–H and O–H groups in total. The summed E-state index contributed by atoms with van der Waals surface area (Å²) in [5.41, 5.74) is 0. The van der Waals surface area contributed by atoms with Crippen molar-refractivity contribution in [2.24, 2.45) is 5.92 Å². The van der Waals surface area contributed by atoms with Crippen LogP contribution in [0.4, 0.5) is 0 Å². The summed E-state index contributed by atoms with van der Waals surface area (Å²) in [5, 5.41) is 7.01. The molecule has 0 bridgehead atoms. The van der Waals surface area contributed by atoms with Crippen molar-refractivity contribution < 1.29 is 9.32 Å².